The molecule has 0 amide bonds. The Labute approximate surface area is 109 Å². The highest BCUT2D eigenvalue weighted by Crippen LogP contribution is 2.20. The molecule has 0 bridgehead atoms. The molecule has 1 rings (SSSR count). The van der Waals surface area contributed by atoms with Crippen LogP contribution in [0.3, 0.4) is 0 Å². The molecule has 0 unspecified atom stereocenters. The molecule has 1 aromatic heterocycles. The van der Waals surface area contributed by atoms with Gasteiger partial charge in [-0.1, -0.05) is 13.8 Å². The van der Waals surface area contributed by atoms with Crippen LogP contribution in [0.2, 0.25) is 0 Å². The number of nitrogens with one attached hydrogen (secondary N) is 1. The van der Waals surface area contributed by atoms with E-state index in [4.69, 9.17) is 10.2 Å². The van der Waals surface area contributed by atoms with Crippen LogP contribution in [0.5, 0.6) is 0 Å². The fourth-order valence-electron chi connectivity index (χ4n) is 1.91. The first kappa shape index (κ1) is 15.1. The van der Waals surface area contributed by atoms with Gasteiger partial charge in [-0.05, 0) is 18.3 Å². The number of hydrogen-bond acceptors (Lipinski definition) is 4. The van der Waals surface area contributed by atoms with Crippen LogP contribution in [0.1, 0.15) is 32.3 Å². The van der Waals surface area contributed by atoms with E-state index in [1.54, 1.807) is 4.68 Å². The molecule has 0 spiro atoms. The van der Waals surface area contributed by atoms with Gasteiger partial charge >= 0.3 is 0 Å². The van der Waals surface area contributed by atoms with E-state index < -0.39 is 0 Å². The Bertz CT molecular complexity index is 337. The molecule has 0 saturated carbocycles. The van der Waals surface area contributed by atoms with Crippen LogP contribution in [-0.2, 0) is 13.1 Å². The molecule has 0 aromatic carbocycles. The molecular weight excluding hydrogens is 230 g/mol. The van der Waals surface area contributed by atoms with E-state index in [1.807, 2.05) is 12.4 Å². The third-order valence-electron chi connectivity index (χ3n) is 2.96. The maximum atomic E-state index is 8.83. The maximum absolute atomic E-state index is 8.83. The van der Waals surface area contributed by atoms with Gasteiger partial charge < -0.3 is 15.5 Å². The smallest absolute Gasteiger partial charge is 0.0640 e. The molecule has 0 atom stereocenters. The predicted molar refractivity (Wildman–Crippen MR) is 71.1 cm³/mol. The summed E-state index contributed by atoms with van der Waals surface area (Å²) >= 11 is 0. The zero-order valence-electron chi connectivity index (χ0n) is 11.4. The van der Waals surface area contributed by atoms with Crippen molar-refractivity contribution >= 4 is 0 Å². The van der Waals surface area contributed by atoms with Crippen molar-refractivity contribution in [1.82, 2.24) is 15.1 Å². The van der Waals surface area contributed by atoms with Gasteiger partial charge in [0.2, 0.25) is 0 Å². The van der Waals surface area contributed by atoms with Crippen LogP contribution < -0.4 is 5.32 Å². The van der Waals surface area contributed by atoms with Crippen molar-refractivity contribution in [3.63, 3.8) is 0 Å². The lowest BCUT2D eigenvalue weighted by molar-refractivity contribution is 0.236. The first-order valence-electron chi connectivity index (χ1n) is 6.51. The quantitative estimate of drug-likeness (QED) is 0.609. The Hall–Kier alpha value is -0.910. The summed E-state index contributed by atoms with van der Waals surface area (Å²) in [5.74, 6) is 0. The fourth-order valence-corrected chi connectivity index (χ4v) is 1.91. The van der Waals surface area contributed by atoms with E-state index in [1.165, 1.54) is 0 Å². The normalized spacial score (nSPS) is 12.0. The van der Waals surface area contributed by atoms with E-state index in [9.17, 15) is 0 Å². The van der Waals surface area contributed by atoms with Gasteiger partial charge in [0.25, 0.3) is 0 Å². The van der Waals surface area contributed by atoms with E-state index in [2.05, 4.69) is 24.3 Å². The molecule has 5 nitrogen and oxygen atoms in total. The molecule has 1 aromatic rings. The topological polar surface area (TPSA) is 70.3 Å². The van der Waals surface area contributed by atoms with Crippen molar-refractivity contribution in [2.75, 3.05) is 19.8 Å². The van der Waals surface area contributed by atoms with E-state index >= 15 is 0 Å². The molecule has 0 aliphatic heterocycles. The van der Waals surface area contributed by atoms with Crippen molar-refractivity contribution in [3.8, 4) is 0 Å². The van der Waals surface area contributed by atoms with Crippen LogP contribution in [-0.4, -0.2) is 39.8 Å². The average molecular weight is 255 g/mol. The van der Waals surface area contributed by atoms with Crippen LogP contribution >= 0.6 is 0 Å². The monoisotopic (exact) mass is 255 g/mol. The first-order valence-corrected chi connectivity index (χ1v) is 6.51. The van der Waals surface area contributed by atoms with Gasteiger partial charge in [0.05, 0.1) is 19.3 Å². The maximum Gasteiger partial charge on any atom is 0.0640 e. The molecule has 18 heavy (non-hydrogen) atoms. The molecule has 3 N–H and O–H groups in total. The van der Waals surface area contributed by atoms with Gasteiger partial charge in [-0.15, -0.1) is 0 Å². The Kier molecular flexibility index (Phi) is 6.32. The second kappa shape index (κ2) is 7.51. The highest BCUT2D eigenvalue weighted by atomic mass is 16.3. The molecule has 0 aliphatic carbocycles. The summed E-state index contributed by atoms with van der Waals surface area (Å²) in [5, 5.41) is 25.2. The highest BCUT2D eigenvalue weighted by Gasteiger charge is 2.16. The summed E-state index contributed by atoms with van der Waals surface area (Å²) in [6, 6.07) is 0. The van der Waals surface area contributed by atoms with Crippen molar-refractivity contribution in [3.05, 3.63) is 18.0 Å². The number of rotatable bonds is 9. The van der Waals surface area contributed by atoms with Crippen LogP contribution in [0.4, 0.5) is 0 Å². The minimum absolute atomic E-state index is 0.114. The zero-order valence-corrected chi connectivity index (χ0v) is 11.4. The molecule has 1 heterocycles. The molecule has 0 aliphatic rings. The lowest BCUT2D eigenvalue weighted by Gasteiger charge is -2.24. The van der Waals surface area contributed by atoms with Crippen molar-refractivity contribution < 1.29 is 10.2 Å². The summed E-state index contributed by atoms with van der Waals surface area (Å²) in [6.07, 6.45) is 5.64. The Morgan fingerprint density at radius 1 is 1.33 bits per heavy atom. The summed E-state index contributed by atoms with van der Waals surface area (Å²) < 4.78 is 1.74. The standard InChI is InChI=1S/C13H25N3O2/c1-13(2,4-3-6-17)11-14-8-12-9-15-16(10-12)5-7-18/h9-10,14,17-18H,3-8,11H2,1-2H3. The fraction of sp³-hybridized carbons (Fsp3) is 0.769. The third kappa shape index (κ3) is 5.62. The molecule has 0 radical (unpaired) electrons. The van der Waals surface area contributed by atoms with Gasteiger partial charge in [0, 0.05) is 31.5 Å². The number of nitrogens with zero attached hydrogens (tertiary/aromatic N) is 2. The summed E-state index contributed by atoms with van der Waals surface area (Å²) in [7, 11) is 0. The molecule has 104 valence electrons. The summed E-state index contributed by atoms with van der Waals surface area (Å²) in [6.45, 7) is 7.02. The van der Waals surface area contributed by atoms with E-state index in [-0.39, 0.29) is 18.6 Å². The lowest BCUT2D eigenvalue weighted by atomic mass is 9.88. The van der Waals surface area contributed by atoms with Crippen LogP contribution in [0.15, 0.2) is 12.4 Å². The first-order chi connectivity index (χ1) is 8.57. The molecule has 5 heteroatoms. The Morgan fingerprint density at radius 2 is 2.11 bits per heavy atom. The van der Waals surface area contributed by atoms with Gasteiger partial charge in [-0.3, -0.25) is 4.68 Å². The predicted octanol–water partition coefficient (Wildman–Crippen LogP) is 0.764. The largest absolute Gasteiger partial charge is 0.396 e. The van der Waals surface area contributed by atoms with E-state index in [0.29, 0.717) is 6.54 Å². The zero-order chi connectivity index (χ0) is 13.4. The molecule has 0 fully saturated rings. The van der Waals surface area contributed by atoms with Crippen LogP contribution in [0, 0.1) is 5.41 Å². The Morgan fingerprint density at radius 3 is 2.78 bits per heavy atom. The lowest BCUT2D eigenvalue weighted by Crippen LogP contribution is -2.29. The van der Waals surface area contributed by atoms with Gasteiger partial charge in [-0.2, -0.15) is 5.10 Å². The van der Waals surface area contributed by atoms with Crippen molar-refractivity contribution in [1.29, 1.82) is 0 Å². The highest BCUT2D eigenvalue weighted by molar-refractivity contribution is 5.03. The minimum atomic E-state index is 0.114. The number of aromatic nitrogens is 2. The molecule has 0 saturated heterocycles. The minimum Gasteiger partial charge on any atom is -0.396 e. The second-order valence-corrected chi connectivity index (χ2v) is 5.43. The SMILES string of the molecule is CC(C)(CCCO)CNCc1cnn(CCO)c1. The number of hydrogen-bond donors (Lipinski definition) is 3. The van der Waals surface area contributed by atoms with Crippen LogP contribution in [0.25, 0.3) is 0 Å². The average Bonchev–Trinajstić information content (AvgIpc) is 2.75. The third-order valence-corrected chi connectivity index (χ3v) is 2.96. The van der Waals surface area contributed by atoms with Gasteiger partial charge in [-0.25, -0.2) is 0 Å². The van der Waals surface area contributed by atoms with Gasteiger partial charge in [0.1, 0.15) is 0 Å². The number of aliphatic hydroxyl groups excluding tert-OH is 2. The van der Waals surface area contributed by atoms with Crippen molar-refractivity contribution in [2.24, 2.45) is 5.41 Å². The van der Waals surface area contributed by atoms with Crippen molar-refractivity contribution in [2.45, 2.75) is 39.8 Å². The van der Waals surface area contributed by atoms with E-state index in [0.717, 1.165) is 31.5 Å². The Balaban J connectivity index is 2.27. The molecular formula is C13H25N3O2. The number of aliphatic hydroxyl groups is 2. The second-order valence-electron chi connectivity index (χ2n) is 5.43. The van der Waals surface area contributed by atoms with Gasteiger partial charge in [0.15, 0.2) is 0 Å². The summed E-state index contributed by atoms with van der Waals surface area (Å²) in [5.41, 5.74) is 1.32. The summed E-state index contributed by atoms with van der Waals surface area (Å²) in [4.78, 5) is 0.